The molecule has 2 aliphatic heterocycles. The Morgan fingerprint density at radius 2 is 1.15 bits per heavy atom. The summed E-state index contributed by atoms with van der Waals surface area (Å²) in [6.45, 7) is 14.8. The fraction of sp³-hybridized carbons (Fsp3) is 0.344. The number of fused-ring (bicyclic) bond motifs is 8. The number of carboxylic acid groups (broad SMARTS) is 1. The van der Waals surface area contributed by atoms with Crippen molar-refractivity contribution in [3.8, 4) is 0 Å². The second-order valence-corrected chi connectivity index (χ2v) is 10.3. The summed E-state index contributed by atoms with van der Waals surface area (Å²) in [7, 11) is 0. The quantitative estimate of drug-likeness (QED) is 0.335. The zero-order valence-corrected chi connectivity index (χ0v) is 24.7. The molecule has 0 radical (unpaired) electrons. The van der Waals surface area contributed by atoms with E-state index in [2.05, 4.69) is 53.7 Å². The first-order valence-electron chi connectivity index (χ1n) is 13.4. The number of carboxylic acids is 1. The molecule has 0 fully saturated rings. The Balaban J connectivity index is 0.00000353. The molecule has 202 valence electrons. The van der Waals surface area contributed by atoms with Crippen molar-refractivity contribution in [2.24, 2.45) is 0 Å². The number of aliphatic carboxylic acids is 1. The Morgan fingerprint density at radius 1 is 0.692 bits per heavy atom. The zero-order chi connectivity index (χ0) is 27.3. The molecular weight excluding hydrogens is 528 g/mol. The molecule has 6 nitrogen and oxygen atoms in total. The number of aromatic nitrogens is 4. The van der Waals surface area contributed by atoms with Crippen LogP contribution in [0.25, 0.3) is 44.4 Å². The Labute approximate surface area is 240 Å². The maximum absolute atomic E-state index is 11.4. The molecule has 8 bridgehead atoms. The van der Waals surface area contributed by atoms with Crippen LogP contribution in [0.2, 0.25) is 0 Å². The number of allylic oxidation sites excluding steroid dienone is 4. The van der Waals surface area contributed by atoms with Crippen LogP contribution in [0.5, 0.6) is 0 Å². The minimum atomic E-state index is -0.819. The maximum Gasteiger partial charge on any atom is 2.00 e. The molecule has 0 aromatic carbocycles. The molecule has 0 saturated carbocycles. The largest absolute Gasteiger partial charge is 2.00 e. The number of aryl methyl sites for hydroxylation is 4. The number of rotatable bonds is 5. The summed E-state index contributed by atoms with van der Waals surface area (Å²) in [5, 5.41) is 9.39. The van der Waals surface area contributed by atoms with Gasteiger partial charge >= 0.3 is 23.0 Å². The van der Waals surface area contributed by atoms with E-state index in [1.165, 1.54) is 16.7 Å². The molecule has 0 amide bonds. The van der Waals surface area contributed by atoms with E-state index >= 15 is 0 Å². The van der Waals surface area contributed by atoms with Crippen LogP contribution < -0.4 is 9.97 Å². The Bertz CT molecular complexity index is 1720. The van der Waals surface area contributed by atoms with Crippen LogP contribution in [-0.2, 0) is 34.7 Å². The summed E-state index contributed by atoms with van der Waals surface area (Å²) in [5.74, 6) is -0.819. The monoisotopic (exact) mass is 562 g/mol. The van der Waals surface area contributed by atoms with Crippen LogP contribution in [-0.4, -0.2) is 21.0 Å². The topological polar surface area (TPSA) is 91.3 Å². The third-order valence-corrected chi connectivity index (χ3v) is 8.12. The van der Waals surface area contributed by atoms with Gasteiger partial charge in [0.1, 0.15) is 0 Å². The molecule has 3 aromatic rings. The van der Waals surface area contributed by atoms with Crippen LogP contribution in [0.3, 0.4) is 0 Å². The van der Waals surface area contributed by atoms with E-state index < -0.39 is 5.97 Å². The third-order valence-electron chi connectivity index (χ3n) is 8.12. The predicted octanol–water partition coefficient (Wildman–Crippen LogP) is 7.06. The van der Waals surface area contributed by atoms with Crippen molar-refractivity contribution in [1.82, 2.24) is 19.9 Å². The Hall–Kier alpha value is -3.41. The van der Waals surface area contributed by atoms with Gasteiger partial charge in [0, 0.05) is 6.42 Å². The van der Waals surface area contributed by atoms with Gasteiger partial charge in [0.05, 0.1) is 22.8 Å². The van der Waals surface area contributed by atoms with Gasteiger partial charge < -0.3 is 15.1 Å². The summed E-state index contributed by atoms with van der Waals surface area (Å²) < 4.78 is 0. The summed E-state index contributed by atoms with van der Waals surface area (Å²) in [6, 6.07) is 8.26. The van der Waals surface area contributed by atoms with Crippen LogP contribution in [0.15, 0.2) is 24.3 Å². The molecule has 7 heteroatoms. The van der Waals surface area contributed by atoms with E-state index in [4.69, 9.17) is 19.9 Å². The minimum Gasteiger partial charge on any atom is -0.657 e. The van der Waals surface area contributed by atoms with Gasteiger partial charge in [-0.25, -0.2) is 9.97 Å². The maximum atomic E-state index is 11.4. The molecule has 39 heavy (non-hydrogen) atoms. The van der Waals surface area contributed by atoms with Crippen LogP contribution >= 0.6 is 0 Å². The first-order chi connectivity index (χ1) is 18.1. The first kappa shape index (κ1) is 28.6. The minimum absolute atomic E-state index is 0. The van der Waals surface area contributed by atoms with E-state index in [1.54, 1.807) is 0 Å². The van der Waals surface area contributed by atoms with Gasteiger partial charge in [-0.05, 0) is 76.2 Å². The second-order valence-electron chi connectivity index (χ2n) is 10.3. The summed E-state index contributed by atoms with van der Waals surface area (Å²) in [4.78, 5) is 31.5. The van der Waals surface area contributed by atoms with Gasteiger partial charge in [-0.2, -0.15) is 0 Å². The number of carbonyl (C=O) groups is 1. The van der Waals surface area contributed by atoms with Crippen molar-refractivity contribution in [2.45, 2.75) is 74.1 Å². The molecule has 3 aromatic heterocycles. The molecule has 5 heterocycles. The molecule has 0 spiro atoms. The number of hydrogen-bond acceptors (Lipinski definition) is 3. The van der Waals surface area contributed by atoms with Crippen molar-refractivity contribution in [3.05, 3.63) is 69.3 Å². The number of hydrogen-bond donors (Lipinski definition) is 1. The van der Waals surface area contributed by atoms with Gasteiger partial charge in [-0.15, -0.1) is 22.1 Å². The van der Waals surface area contributed by atoms with Gasteiger partial charge in [-0.1, -0.05) is 60.4 Å². The third kappa shape index (κ3) is 5.01. The molecule has 0 aliphatic carbocycles. The molecule has 5 rings (SSSR count). The van der Waals surface area contributed by atoms with Gasteiger partial charge in [0.2, 0.25) is 0 Å². The molecule has 2 aliphatic rings. The Morgan fingerprint density at radius 3 is 1.69 bits per heavy atom. The average molecular weight is 562 g/mol. The van der Waals surface area contributed by atoms with Crippen molar-refractivity contribution in [2.75, 3.05) is 0 Å². The van der Waals surface area contributed by atoms with Crippen molar-refractivity contribution >= 4 is 50.3 Å². The van der Waals surface area contributed by atoms with Crippen LogP contribution in [0, 0.1) is 13.8 Å². The van der Waals surface area contributed by atoms with E-state index in [0.29, 0.717) is 6.42 Å². The second kappa shape index (κ2) is 11.0. The van der Waals surface area contributed by atoms with E-state index in [-0.39, 0.29) is 23.5 Å². The Kier molecular flexibility index (Phi) is 8.06. The fourth-order valence-corrected chi connectivity index (χ4v) is 5.58. The average Bonchev–Trinajstić information content (AvgIpc) is 3.52. The molecule has 0 unspecified atom stereocenters. The van der Waals surface area contributed by atoms with Crippen molar-refractivity contribution in [1.29, 1.82) is 0 Å². The molecular formula is C32H34FeN4O2. The summed E-state index contributed by atoms with van der Waals surface area (Å²) >= 11 is 0. The zero-order valence-electron chi connectivity index (χ0n) is 23.6. The van der Waals surface area contributed by atoms with Crippen molar-refractivity contribution < 1.29 is 27.0 Å². The van der Waals surface area contributed by atoms with E-state index in [9.17, 15) is 9.90 Å². The SMILES string of the molecule is CCC1=C(C)c2cc3[n-]c(cc4nc(cc5[n-]c(cc1n2)c(C)c5CC)C(C)=C4C)c(CCC(=O)O)c3C.[Fe+2]. The summed E-state index contributed by atoms with van der Waals surface area (Å²) in [6.07, 6.45) is 2.22. The predicted molar refractivity (Wildman–Crippen MR) is 155 cm³/mol. The van der Waals surface area contributed by atoms with Crippen LogP contribution in [0.1, 0.15) is 92.5 Å². The summed E-state index contributed by atoms with van der Waals surface area (Å²) in [5.41, 5.74) is 16.0. The normalized spacial score (nSPS) is 13.2. The smallest absolute Gasteiger partial charge is 0.657 e. The van der Waals surface area contributed by atoms with Gasteiger partial charge in [0.25, 0.3) is 0 Å². The first-order valence-corrected chi connectivity index (χ1v) is 13.4. The number of nitrogens with zero attached hydrogens (tertiary/aromatic N) is 4. The molecule has 1 N–H and O–H groups in total. The van der Waals surface area contributed by atoms with Crippen LogP contribution in [0.4, 0.5) is 0 Å². The van der Waals surface area contributed by atoms with E-state index in [1.807, 2.05) is 19.1 Å². The molecule has 0 atom stereocenters. The van der Waals surface area contributed by atoms with Crippen molar-refractivity contribution in [3.63, 3.8) is 0 Å². The fourth-order valence-electron chi connectivity index (χ4n) is 5.58. The van der Waals surface area contributed by atoms with Gasteiger partial charge in [0.15, 0.2) is 0 Å². The molecule has 0 saturated heterocycles. The standard InChI is InChI=1S/C32H35N4O2.Fe/c1-8-21-18(5)26-12-27-20(7)23(10-11-32(37)38)31(36-27)14-25-17(4)16(3)24(33-25)13-29-22(9-2)19(6)28(35-29)15-30(21)34-26;/h12-15H,8-11H2,1-7H3,(H2-,33,34,35,36,37,38);/q-1;+2/p-1. The van der Waals surface area contributed by atoms with Gasteiger partial charge in [-0.3, -0.25) is 4.79 Å². The van der Waals surface area contributed by atoms with E-state index in [0.717, 1.165) is 85.5 Å².